The molecule has 1 fully saturated rings. The second-order valence-electron chi connectivity index (χ2n) is 7.03. The van der Waals surface area contributed by atoms with E-state index >= 15 is 0 Å². The maximum atomic E-state index is 5.45. The Bertz CT molecular complexity index is 585. The van der Waals surface area contributed by atoms with Gasteiger partial charge in [0.1, 0.15) is 0 Å². The number of aliphatic imine (C=N–C) groups is 1. The molecule has 27 heavy (non-hydrogen) atoms. The Balaban J connectivity index is 0.00000364. The molecule has 0 saturated carbocycles. The van der Waals surface area contributed by atoms with Crippen LogP contribution in [0.25, 0.3) is 0 Å². The van der Waals surface area contributed by atoms with Crippen molar-refractivity contribution < 1.29 is 9.47 Å². The molecule has 2 heterocycles. The summed E-state index contributed by atoms with van der Waals surface area (Å²) in [4.78, 5) is 6.66. The fourth-order valence-electron chi connectivity index (χ4n) is 3.45. The minimum atomic E-state index is 0. The highest BCUT2D eigenvalue weighted by atomic mass is 127. The molecule has 1 aromatic rings. The number of guanidine groups is 1. The lowest BCUT2D eigenvalue weighted by atomic mass is 9.96. The molecular formula is C19H36IN5O2. The average molecular weight is 493 g/mol. The third kappa shape index (κ3) is 7.23. The van der Waals surface area contributed by atoms with E-state index in [0.29, 0.717) is 6.61 Å². The van der Waals surface area contributed by atoms with E-state index < -0.39 is 0 Å². The maximum absolute atomic E-state index is 5.45. The molecule has 0 spiro atoms. The van der Waals surface area contributed by atoms with Crippen LogP contribution in [0.1, 0.15) is 36.2 Å². The first-order valence-corrected chi connectivity index (χ1v) is 9.58. The Morgan fingerprint density at radius 3 is 2.70 bits per heavy atom. The van der Waals surface area contributed by atoms with Gasteiger partial charge in [-0.3, -0.25) is 9.67 Å². The van der Waals surface area contributed by atoms with Gasteiger partial charge in [0.15, 0.2) is 5.96 Å². The first-order chi connectivity index (χ1) is 12.6. The third-order valence-electron chi connectivity index (χ3n) is 5.25. The molecule has 0 aromatic carbocycles. The van der Waals surface area contributed by atoms with Crippen LogP contribution in [-0.4, -0.2) is 68.2 Å². The van der Waals surface area contributed by atoms with Crippen molar-refractivity contribution in [3.8, 4) is 0 Å². The molecule has 7 nitrogen and oxygen atoms in total. The van der Waals surface area contributed by atoms with E-state index in [1.54, 1.807) is 7.11 Å². The zero-order valence-corrected chi connectivity index (χ0v) is 19.8. The normalized spacial score (nSPS) is 15.5. The lowest BCUT2D eigenvalue weighted by Crippen LogP contribution is -2.39. The predicted molar refractivity (Wildman–Crippen MR) is 120 cm³/mol. The van der Waals surface area contributed by atoms with Gasteiger partial charge >= 0.3 is 0 Å². The molecule has 0 unspecified atom stereocenters. The van der Waals surface area contributed by atoms with Gasteiger partial charge in [0.2, 0.25) is 0 Å². The minimum Gasteiger partial charge on any atom is -0.383 e. The van der Waals surface area contributed by atoms with Crippen molar-refractivity contribution in [3.63, 3.8) is 0 Å². The highest BCUT2D eigenvalue weighted by Gasteiger charge is 2.16. The summed E-state index contributed by atoms with van der Waals surface area (Å²) in [5, 5.41) is 8.12. The van der Waals surface area contributed by atoms with Crippen LogP contribution in [0.4, 0.5) is 0 Å². The molecule has 8 heteroatoms. The van der Waals surface area contributed by atoms with Gasteiger partial charge in [0, 0.05) is 58.8 Å². The second kappa shape index (κ2) is 12.6. The quantitative estimate of drug-likeness (QED) is 0.343. The van der Waals surface area contributed by atoms with Crippen LogP contribution < -0.4 is 5.32 Å². The van der Waals surface area contributed by atoms with Gasteiger partial charge in [-0.05, 0) is 39.0 Å². The van der Waals surface area contributed by atoms with Crippen LogP contribution in [0.2, 0.25) is 0 Å². The van der Waals surface area contributed by atoms with Gasteiger partial charge in [-0.25, -0.2) is 0 Å². The van der Waals surface area contributed by atoms with Crippen molar-refractivity contribution in [1.29, 1.82) is 0 Å². The number of halogens is 1. The molecular weight excluding hydrogens is 457 g/mol. The molecule has 1 aliphatic rings. The largest absolute Gasteiger partial charge is 0.383 e. The van der Waals surface area contributed by atoms with Gasteiger partial charge < -0.3 is 19.7 Å². The SMILES string of the molecule is CN=C(NCc1c(C)nn(CCOC)c1C)N(C)CCC1CCOCC1.I. The van der Waals surface area contributed by atoms with Crippen molar-refractivity contribution >= 4 is 29.9 Å². The Labute approximate surface area is 180 Å². The Morgan fingerprint density at radius 2 is 2.07 bits per heavy atom. The number of aryl methyl sites for hydroxylation is 1. The van der Waals surface area contributed by atoms with E-state index in [1.165, 1.54) is 30.5 Å². The molecule has 0 atom stereocenters. The van der Waals surface area contributed by atoms with Crippen molar-refractivity contribution in [1.82, 2.24) is 20.0 Å². The summed E-state index contributed by atoms with van der Waals surface area (Å²) in [5.41, 5.74) is 3.49. The molecule has 0 bridgehead atoms. The molecule has 156 valence electrons. The average Bonchev–Trinajstić information content (AvgIpc) is 2.93. The maximum Gasteiger partial charge on any atom is 0.193 e. The number of nitrogens with one attached hydrogen (secondary N) is 1. The monoisotopic (exact) mass is 493 g/mol. The van der Waals surface area contributed by atoms with Crippen LogP contribution in [0, 0.1) is 19.8 Å². The smallest absolute Gasteiger partial charge is 0.193 e. The minimum absolute atomic E-state index is 0. The highest BCUT2D eigenvalue weighted by Crippen LogP contribution is 2.18. The summed E-state index contributed by atoms with van der Waals surface area (Å²) in [5.74, 6) is 1.70. The van der Waals surface area contributed by atoms with Gasteiger partial charge in [-0.15, -0.1) is 24.0 Å². The van der Waals surface area contributed by atoms with Crippen molar-refractivity contribution in [3.05, 3.63) is 17.0 Å². The van der Waals surface area contributed by atoms with Crippen LogP contribution in [0.15, 0.2) is 4.99 Å². The molecule has 1 aliphatic heterocycles. The van der Waals surface area contributed by atoms with Crippen molar-refractivity contribution in [2.45, 2.75) is 46.2 Å². The number of hydrogen-bond donors (Lipinski definition) is 1. The van der Waals surface area contributed by atoms with E-state index in [9.17, 15) is 0 Å². The molecule has 1 saturated heterocycles. The van der Waals surface area contributed by atoms with E-state index in [0.717, 1.165) is 50.4 Å². The number of methoxy groups -OCH3 is 1. The Hall–Kier alpha value is -0.870. The molecule has 0 aliphatic carbocycles. The lowest BCUT2D eigenvalue weighted by molar-refractivity contribution is 0.0625. The molecule has 0 radical (unpaired) electrons. The van der Waals surface area contributed by atoms with Crippen molar-refractivity contribution in [2.24, 2.45) is 10.9 Å². The summed E-state index contributed by atoms with van der Waals surface area (Å²) in [7, 11) is 5.67. The summed E-state index contributed by atoms with van der Waals surface area (Å²) < 4.78 is 12.6. The zero-order chi connectivity index (χ0) is 18.9. The third-order valence-corrected chi connectivity index (χ3v) is 5.25. The number of hydrogen-bond acceptors (Lipinski definition) is 4. The van der Waals surface area contributed by atoms with E-state index in [2.05, 4.69) is 41.2 Å². The van der Waals surface area contributed by atoms with E-state index in [-0.39, 0.29) is 24.0 Å². The zero-order valence-electron chi connectivity index (χ0n) is 17.5. The molecule has 2 rings (SSSR count). The van der Waals surface area contributed by atoms with Gasteiger partial charge in [-0.1, -0.05) is 0 Å². The Kier molecular flexibility index (Phi) is 11.2. The second-order valence-corrected chi connectivity index (χ2v) is 7.03. The first-order valence-electron chi connectivity index (χ1n) is 9.58. The summed E-state index contributed by atoms with van der Waals surface area (Å²) in [6.45, 7) is 9.19. The summed E-state index contributed by atoms with van der Waals surface area (Å²) in [6.07, 6.45) is 3.55. The Morgan fingerprint density at radius 1 is 1.37 bits per heavy atom. The van der Waals surface area contributed by atoms with Crippen LogP contribution in [-0.2, 0) is 22.6 Å². The first kappa shape index (κ1) is 24.2. The fourth-order valence-corrected chi connectivity index (χ4v) is 3.45. The van der Waals surface area contributed by atoms with Crippen LogP contribution in [0.3, 0.4) is 0 Å². The molecule has 1 aromatic heterocycles. The van der Waals surface area contributed by atoms with Crippen molar-refractivity contribution in [2.75, 3.05) is 47.6 Å². The molecule has 1 N–H and O–H groups in total. The highest BCUT2D eigenvalue weighted by molar-refractivity contribution is 14.0. The summed E-state index contributed by atoms with van der Waals surface area (Å²) in [6, 6.07) is 0. The van der Waals surface area contributed by atoms with Gasteiger partial charge in [-0.2, -0.15) is 5.10 Å². The van der Waals surface area contributed by atoms with Gasteiger partial charge in [0.05, 0.1) is 18.8 Å². The number of aromatic nitrogens is 2. The predicted octanol–water partition coefficient (Wildman–Crippen LogP) is 2.59. The van der Waals surface area contributed by atoms with E-state index in [1.807, 2.05) is 11.7 Å². The topological polar surface area (TPSA) is 63.9 Å². The number of rotatable bonds is 8. The van der Waals surface area contributed by atoms with Crippen LogP contribution >= 0.6 is 24.0 Å². The lowest BCUT2D eigenvalue weighted by Gasteiger charge is -2.26. The van der Waals surface area contributed by atoms with E-state index in [4.69, 9.17) is 9.47 Å². The standard InChI is InChI=1S/C19H35N5O2.HI/c1-15-18(16(2)24(22-15)10-13-25-5)14-21-19(20-3)23(4)9-6-17-7-11-26-12-8-17;/h17H,6-14H2,1-5H3,(H,20,21);1H. The number of nitrogens with zero attached hydrogens (tertiary/aromatic N) is 4. The molecule has 0 amide bonds. The number of ether oxygens (including phenoxy) is 2. The summed E-state index contributed by atoms with van der Waals surface area (Å²) >= 11 is 0. The van der Waals surface area contributed by atoms with Gasteiger partial charge in [0.25, 0.3) is 0 Å². The fraction of sp³-hybridized carbons (Fsp3) is 0.789. The van der Waals surface area contributed by atoms with Crippen LogP contribution in [0.5, 0.6) is 0 Å².